The average molecular weight is 263 g/mol. The Hall–Kier alpha value is -1.55. The molecule has 0 radical (unpaired) electrons. The number of nitrogens with zero attached hydrogens (tertiary/aromatic N) is 1. The minimum Gasteiger partial charge on any atom is -0.496 e. The molecular weight excluding hydrogens is 242 g/mol. The molecule has 0 aromatic heterocycles. The second-order valence-corrected chi connectivity index (χ2v) is 4.93. The molecule has 1 fully saturated rings. The molecule has 1 aliphatic rings. The number of carbonyl (C=O) groups is 1. The van der Waals surface area contributed by atoms with Crippen LogP contribution in [0.4, 0.5) is 5.69 Å². The molecule has 0 spiro atoms. The summed E-state index contributed by atoms with van der Waals surface area (Å²) in [7, 11) is 3.58. The molecule has 19 heavy (non-hydrogen) atoms. The van der Waals surface area contributed by atoms with Crippen LogP contribution in [0.25, 0.3) is 0 Å². The van der Waals surface area contributed by atoms with E-state index < -0.39 is 0 Å². The third-order valence-electron chi connectivity index (χ3n) is 3.49. The molecule has 1 aliphatic heterocycles. The summed E-state index contributed by atoms with van der Waals surface area (Å²) in [4.78, 5) is 13.9. The number of Topliss-reactive ketones (excluding diaryl/α,β-unsaturated/α-hetero) is 1. The SMILES string of the molecule is COc1cccc(N(C)CC2CCCO2)c1C(C)=O. The van der Waals surface area contributed by atoms with Crippen LogP contribution in [0.2, 0.25) is 0 Å². The lowest BCUT2D eigenvalue weighted by Crippen LogP contribution is -2.29. The van der Waals surface area contributed by atoms with Gasteiger partial charge in [0.15, 0.2) is 5.78 Å². The largest absolute Gasteiger partial charge is 0.496 e. The van der Waals surface area contributed by atoms with Crippen molar-refractivity contribution in [2.75, 3.05) is 32.2 Å². The zero-order chi connectivity index (χ0) is 13.8. The monoisotopic (exact) mass is 263 g/mol. The van der Waals surface area contributed by atoms with Crippen molar-refractivity contribution in [3.05, 3.63) is 23.8 Å². The smallest absolute Gasteiger partial charge is 0.165 e. The number of carbonyl (C=O) groups excluding carboxylic acids is 1. The maximum Gasteiger partial charge on any atom is 0.165 e. The summed E-state index contributed by atoms with van der Waals surface area (Å²) in [6.45, 7) is 3.21. The van der Waals surface area contributed by atoms with Gasteiger partial charge in [0, 0.05) is 20.2 Å². The van der Waals surface area contributed by atoms with Gasteiger partial charge in [0.05, 0.1) is 24.5 Å². The van der Waals surface area contributed by atoms with Gasteiger partial charge in [-0.1, -0.05) is 6.07 Å². The highest BCUT2D eigenvalue weighted by Crippen LogP contribution is 2.30. The fourth-order valence-corrected chi connectivity index (χ4v) is 2.55. The van der Waals surface area contributed by atoms with Crippen LogP contribution in [0, 0.1) is 0 Å². The highest BCUT2D eigenvalue weighted by molar-refractivity contribution is 6.02. The number of likely N-dealkylation sites (N-methyl/N-ethyl adjacent to an activating group) is 1. The van der Waals surface area contributed by atoms with E-state index in [1.54, 1.807) is 14.0 Å². The molecule has 1 heterocycles. The Morgan fingerprint density at radius 1 is 1.53 bits per heavy atom. The average Bonchev–Trinajstić information content (AvgIpc) is 2.90. The van der Waals surface area contributed by atoms with Crippen LogP contribution in [-0.4, -0.2) is 39.2 Å². The van der Waals surface area contributed by atoms with E-state index in [9.17, 15) is 4.79 Å². The fraction of sp³-hybridized carbons (Fsp3) is 0.533. The third kappa shape index (κ3) is 3.07. The lowest BCUT2D eigenvalue weighted by Gasteiger charge is -2.25. The van der Waals surface area contributed by atoms with E-state index in [2.05, 4.69) is 4.90 Å². The number of anilines is 1. The van der Waals surface area contributed by atoms with Crippen molar-refractivity contribution in [2.24, 2.45) is 0 Å². The first-order valence-electron chi connectivity index (χ1n) is 6.64. The van der Waals surface area contributed by atoms with Gasteiger partial charge in [-0.25, -0.2) is 0 Å². The Morgan fingerprint density at radius 2 is 2.32 bits per heavy atom. The molecule has 0 bridgehead atoms. The normalized spacial score (nSPS) is 18.4. The fourth-order valence-electron chi connectivity index (χ4n) is 2.55. The van der Waals surface area contributed by atoms with E-state index in [1.165, 1.54) is 0 Å². The quantitative estimate of drug-likeness (QED) is 0.765. The summed E-state index contributed by atoms with van der Waals surface area (Å²) in [5, 5.41) is 0. The summed E-state index contributed by atoms with van der Waals surface area (Å²) < 4.78 is 10.9. The van der Waals surface area contributed by atoms with Crippen molar-refractivity contribution in [3.63, 3.8) is 0 Å². The molecule has 4 heteroatoms. The maximum atomic E-state index is 11.8. The van der Waals surface area contributed by atoms with E-state index >= 15 is 0 Å². The van der Waals surface area contributed by atoms with Gasteiger partial charge in [-0.05, 0) is 31.9 Å². The van der Waals surface area contributed by atoms with Gasteiger partial charge in [-0.15, -0.1) is 0 Å². The first kappa shape index (κ1) is 13.9. The van der Waals surface area contributed by atoms with Crippen molar-refractivity contribution >= 4 is 11.5 Å². The Bertz CT molecular complexity index is 453. The third-order valence-corrected chi connectivity index (χ3v) is 3.49. The molecule has 1 atom stereocenters. The number of rotatable bonds is 5. The second-order valence-electron chi connectivity index (χ2n) is 4.93. The first-order valence-corrected chi connectivity index (χ1v) is 6.64. The number of ketones is 1. The molecule has 2 rings (SSSR count). The Labute approximate surface area is 114 Å². The zero-order valence-electron chi connectivity index (χ0n) is 11.8. The molecule has 0 N–H and O–H groups in total. The Balaban J connectivity index is 2.24. The van der Waals surface area contributed by atoms with Crippen LogP contribution in [0.5, 0.6) is 5.75 Å². The van der Waals surface area contributed by atoms with E-state index in [4.69, 9.17) is 9.47 Å². The molecular formula is C15H21NO3. The van der Waals surface area contributed by atoms with Crippen molar-refractivity contribution in [1.29, 1.82) is 0 Å². The Kier molecular flexibility index (Phi) is 4.43. The van der Waals surface area contributed by atoms with Gasteiger partial charge >= 0.3 is 0 Å². The van der Waals surface area contributed by atoms with Crippen LogP contribution >= 0.6 is 0 Å². The van der Waals surface area contributed by atoms with E-state index in [0.29, 0.717) is 11.3 Å². The van der Waals surface area contributed by atoms with Gasteiger partial charge in [0.2, 0.25) is 0 Å². The lowest BCUT2D eigenvalue weighted by atomic mass is 10.1. The predicted molar refractivity (Wildman–Crippen MR) is 75.2 cm³/mol. The van der Waals surface area contributed by atoms with Crippen LogP contribution < -0.4 is 9.64 Å². The minimum absolute atomic E-state index is 0.0200. The summed E-state index contributed by atoms with van der Waals surface area (Å²) in [5.74, 6) is 0.649. The molecule has 0 aliphatic carbocycles. The van der Waals surface area contributed by atoms with Gasteiger partial charge in [0.1, 0.15) is 5.75 Å². The first-order chi connectivity index (χ1) is 9.13. The lowest BCUT2D eigenvalue weighted by molar-refractivity contribution is 0.101. The van der Waals surface area contributed by atoms with Crippen molar-refractivity contribution < 1.29 is 14.3 Å². The van der Waals surface area contributed by atoms with Crippen LogP contribution in [0.3, 0.4) is 0 Å². The second kappa shape index (κ2) is 6.06. The van der Waals surface area contributed by atoms with E-state index in [1.807, 2.05) is 25.2 Å². The predicted octanol–water partition coefficient (Wildman–Crippen LogP) is 2.51. The summed E-state index contributed by atoms with van der Waals surface area (Å²) in [6.07, 6.45) is 2.47. The molecule has 0 amide bonds. The van der Waals surface area contributed by atoms with Crippen molar-refractivity contribution in [1.82, 2.24) is 0 Å². The van der Waals surface area contributed by atoms with E-state index in [0.717, 1.165) is 31.7 Å². The van der Waals surface area contributed by atoms with Gasteiger partial charge < -0.3 is 14.4 Å². The molecule has 0 saturated carbocycles. The van der Waals surface area contributed by atoms with Gasteiger partial charge in [0.25, 0.3) is 0 Å². The van der Waals surface area contributed by atoms with Crippen molar-refractivity contribution in [2.45, 2.75) is 25.9 Å². The highest BCUT2D eigenvalue weighted by Gasteiger charge is 2.21. The molecule has 4 nitrogen and oxygen atoms in total. The van der Waals surface area contributed by atoms with Crippen LogP contribution in [-0.2, 0) is 4.74 Å². The Morgan fingerprint density at radius 3 is 2.89 bits per heavy atom. The van der Waals surface area contributed by atoms with Crippen molar-refractivity contribution in [3.8, 4) is 5.75 Å². The number of benzene rings is 1. The van der Waals surface area contributed by atoms with E-state index in [-0.39, 0.29) is 11.9 Å². The number of hydrogen-bond acceptors (Lipinski definition) is 4. The minimum atomic E-state index is 0.0200. The molecule has 104 valence electrons. The summed E-state index contributed by atoms with van der Waals surface area (Å²) in [6, 6.07) is 5.68. The maximum absolute atomic E-state index is 11.8. The number of methoxy groups -OCH3 is 1. The zero-order valence-corrected chi connectivity index (χ0v) is 11.8. The standard InChI is InChI=1S/C15H21NO3/c1-11(17)15-13(7-4-8-14(15)18-3)16(2)10-12-6-5-9-19-12/h4,7-8,12H,5-6,9-10H2,1-3H3. The van der Waals surface area contributed by atoms with Gasteiger partial charge in [-0.2, -0.15) is 0 Å². The molecule has 1 saturated heterocycles. The highest BCUT2D eigenvalue weighted by atomic mass is 16.5. The van der Waals surface area contributed by atoms with Crippen LogP contribution in [0.1, 0.15) is 30.1 Å². The van der Waals surface area contributed by atoms with Crippen LogP contribution in [0.15, 0.2) is 18.2 Å². The molecule has 1 aromatic rings. The summed E-state index contributed by atoms with van der Waals surface area (Å²) in [5.41, 5.74) is 1.55. The number of hydrogen-bond donors (Lipinski definition) is 0. The summed E-state index contributed by atoms with van der Waals surface area (Å²) >= 11 is 0. The topological polar surface area (TPSA) is 38.8 Å². The molecule has 1 unspecified atom stereocenters. The molecule has 1 aromatic carbocycles. The van der Waals surface area contributed by atoms with Gasteiger partial charge in [-0.3, -0.25) is 4.79 Å². The number of ether oxygens (including phenoxy) is 2.